The monoisotopic (exact) mass is 420 g/mol. The molecule has 1 aliphatic heterocycles. The van der Waals surface area contributed by atoms with Crippen LogP contribution in [0.3, 0.4) is 0 Å². The van der Waals surface area contributed by atoms with E-state index in [0.29, 0.717) is 6.04 Å². The molecule has 3 aromatic rings. The molecular weight excluding hydrogens is 392 g/mol. The van der Waals surface area contributed by atoms with Crippen molar-refractivity contribution in [3.05, 3.63) is 52.2 Å². The normalized spacial score (nSPS) is 17.6. The SMILES string of the molecule is Cc1c(C(=O)NC2CCCCCC2)sc2ncnc(N3CCc4ccccc4C3)c12. The van der Waals surface area contributed by atoms with E-state index in [1.807, 2.05) is 6.92 Å². The van der Waals surface area contributed by atoms with Gasteiger partial charge in [0.05, 0.1) is 10.3 Å². The lowest BCUT2D eigenvalue weighted by Gasteiger charge is -2.30. The molecule has 0 radical (unpaired) electrons. The fourth-order valence-electron chi connectivity index (χ4n) is 4.86. The van der Waals surface area contributed by atoms with Crippen molar-refractivity contribution >= 4 is 33.3 Å². The van der Waals surface area contributed by atoms with E-state index >= 15 is 0 Å². The van der Waals surface area contributed by atoms with Gasteiger partial charge in [0.1, 0.15) is 17.0 Å². The number of benzene rings is 1. The van der Waals surface area contributed by atoms with E-state index in [9.17, 15) is 4.79 Å². The molecule has 5 rings (SSSR count). The van der Waals surface area contributed by atoms with Gasteiger partial charge in [-0.05, 0) is 42.9 Å². The van der Waals surface area contributed by atoms with Crippen molar-refractivity contribution in [1.82, 2.24) is 15.3 Å². The van der Waals surface area contributed by atoms with Crippen LogP contribution < -0.4 is 10.2 Å². The van der Waals surface area contributed by atoms with Crippen LogP contribution in [0.25, 0.3) is 10.2 Å². The molecule has 1 aromatic carbocycles. The fraction of sp³-hybridized carbons (Fsp3) is 0.458. The summed E-state index contributed by atoms with van der Waals surface area (Å²) >= 11 is 1.50. The predicted molar refractivity (Wildman–Crippen MR) is 122 cm³/mol. The number of fused-ring (bicyclic) bond motifs is 2. The van der Waals surface area contributed by atoms with Crippen LogP contribution in [0.5, 0.6) is 0 Å². The van der Waals surface area contributed by atoms with Gasteiger partial charge in [0.2, 0.25) is 0 Å². The Bertz CT molecular complexity index is 1070. The lowest BCUT2D eigenvalue weighted by atomic mass is 9.99. The van der Waals surface area contributed by atoms with E-state index in [-0.39, 0.29) is 5.91 Å². The number of nitrogens with one attached hydrogen (secondary N) is 1. The van der Waals surface area contributed by atoms with E-state index in [2.05, 4.69) is 44.5 Å². The smallest absolute Gasteiger partial charge is 0.261 e. The first-order valence-corrected chi connectivity index (χ1v) is 11.9. The summed E-state index contributed by atoms with van der Waals surface area (Å²) < 4.78 is 0. The highest BCUT2D eigenvalue weighted by Gasteiger charge is 2.25. The van der Waals surface area contributed by atoms with Gasteiger partial charge in [-0.3, -0.25) is 4.79 Å². The van der Waals surface area contributed by atoms with Crippen LogP contribution in [-0.2, 0) is 13.0 Å². The summed E-state index contributed by atoms with van der Waals surface area (Å²) in [7, 11) is 0. The first-order valence-electron chi connectivity index (χ1n) is 11.1. The number of carbonyl (C=O) groups is 1. The Hall–Kier alpha value is -2.47. The molecule has 0 bridgehead atoms. The first kappa shape index (κ1) is 19.5. The van der Waals surface area contributed by atoms with Crippen LogP contribution in [0.1, 0.15) is 64.9 Å². The molecule has 1 saturated carbocycles. The number of amides is 1. The molecular formula is C24H28N4OS. The Kier molecular flexibility index (Phi) is 5.42. The summed E-state index contributed by atoms with van der Waals surface area (Å²) in [6.45, 7) is 3.83. The van der Waals surface area contributed by atoms with E-state index in [1.54, 1.807) is 6.33 Å². The van der Waals surface area contributed by atoms with Gasteiger partial charge in [0, 0.05) is 19.1 Å². The largest absolute Gasteiger partial charge is 0.351 e. The van der Waals surface area contributed by atoms with Crippen molar-refractivity contribution in [3.8, 4) is 0 Å². The third-order valence-electron chi connectivity index (χ3n) is 6.53. The van der Waals surface area contributed by atoms with E-state index < -0.39 is 0 Å². The van der Waals surface area contributed by atoms with Crippen molar-refractivity contribution < 1.29 is 4.79 Å². The Morgan fingerprint density at radius 1 is 1.10 bits per heavy atom. The summed E-state index contributed by atoms with van der Waals surface area (Å²) in [5.41, 5.74) is 3.79. The molecule has 1 amide bonds. The average Bonchev–Trinajstić information content (AvgIpc) is 2.93. The zero-order chi connectivity index (χ0) is 20.5. The first-order chi connectivity index (χ1) is 14.7. The van der Waals surface area contributed by atoms with Gasteiger partial charge in [0.15, 0.2) is 0 Å². The number of anilines is 1. The van der Waals surface area contributed by atoms with Gasteiger partial charge in [-0.1, -0.05) is 49.9 Å². The summed E-state index contributed by atoms with van der Waals surface area (Å²) in [6.07, 6.45) is 9.83. The second-order valence-corrected chi connectivity index (χ2v) is 9.53. The third-order valence-corrected chi connectivity index (χ3v) is 7.73. The second kappa shape index (κ2) is 8.34. The minimum atomic E-state index is 0.0531. The maximum atomic E-state index is 13.1. The standard InChI is InChI=1S/C24H28N4OS/c1-16-20-22(28-13-12-17-8-6-7-9-18(17)14-28)25-15-26-24(20)30-21(16)23(29)27-19-10-4-2-3-5-11-19/h6-9,15,19H,2-5,10-14H2,1H3,(H,27,29). The van der Waals surface area contributed by atoms with Crippen molar-refractivity contribution in [2.45, 2.75) is 64.5 Å². The molecule has 1 N–H and O–H groups in total. The van der Waals surface area contributed by atoms with E-state index in [0.717, 1.165) is 58.8 Å². The second-order valence-electron chi connectivity index (χ2n) is 8.54. The number of rotatable bonds is 3. The summed E-state index contributed by atoms with van der Waals surface area (Å²) in [5.74, 6) is 1.01. The molecule has 5 nitrogen and oxygen atoms in total. The lowest BCUT2D eigenvalue weighted by Crippen LogP contribution is -2.34. The van der Waals surface area contributed by atoms with Gasteiger partial charge in [0.25, 0.3) is 5.91 Å². The molecule has 156 valence electrons. The van der Waals surface area contributed by atoms with Crippen molar-refractivity contribution in [2.75, 3.05) is 11.4 Å². The van der Waals surface area contributed by atoms with Gasteiger partial charge >= 0.3 is 0 Å². The van der Waals surface area contributed by atoms with Gasteiger partial charge in [-0.2, -0.15) is 0 Å². The molecule has 2 aromatic heterocycles. The Morgan fingerprint density at radius 2 is 1.87 bits per heavy atom. The molecule has 1 aliphatic carbocycles. The number of hydrogen-bond acceptors (Lipinski definition) is 5. The number of hydrogen-bond donors (Lipinski definition) is 1. The van der Waals surface area contributed by atoms with Gasteiger partial charge in [-0.15, -0.1) is 11.3 Å². The number of nitrogens with zero attached hydrogens (tertiary/aromatic N) is 3. The van der Waals surface area contributed by atoms with Crippen LogP contribution in [0, 0.1) is 6.92 Å². The molecule has 0 unspecified atom stereocenters. The highest BCUT2D eigenvalue weighted by molar-refractivity contribution is 7.20. The number of carbonyl (C=O) groups excluding carboxylic acids is 1. The maximum absolute atomic E-state index is 13.1. The fourth-order valence-corrected chi connectivity index (χ4v) is 5.91. The average molecular weight is 421 g/mol. The van der Waals surface area contributed by atoms with Crippen molar-refractivity contribution in [1.29, 1.82) is 0 Å². The molecule has 30 heavy (non-hydrogen) atoms. The highest BCUT2D eigenvalue weighted by Crippen LogP contribution is 2.36. The van der Waals surface area contributed by atoms with Crippen LogP contribution in [0.4, 0.5) is 5.82 Å². The molecule has 3 heterocycles. The van der Waals surface area contributed by atoms with Crippen LogP contribution in [0.15, 0.2) is 30.6 Å². The zero-order valence-corrected chi connectivity index (χ0v) is 18.3. The Labute approximate surface area is 181 Å². The Balaban J connectivity index is 1.44. The Morgan fingerprint density at radius 3 is 2.67 bits per heavy atom. The zero-order valence-electron chi connectivity index (χ0n) is 17.5. The van der Waals surface area contributed by atoms with Crippen molar-refractivity contribution in [2.24, 2.45) is 0 Å². The topological polar surface area (TPSA) is 58.1 Å². The predicted octanol–water partition coefficient (Wildman–Crippen LogP) is 5.02. The van der Waals surface area contributed by atoms with Gasteiger partial charge in [-0.25, -0.2) is 9.97 Å². The molecule has 6 heteroatoms. The number of thiophene rings is 1. The van der Waals surface area contributed by atoms with E-state index in [4.69, 9.17) is 0 Å². The lowest BCUT2D eigenvalue weighted by molar-refractivity contribution is 0.0937. The van der Waals surface area contributed by atoms with Crippen LogP contribution >= 0.6 is 11.3 Å². The molecule has 0 saturated heterocycles. The quantitative estimate of drug-likeness (QED) is 0.605. The minimum Gasteiger partial charge on any atom is -0.351 e. The highest BCUT2D eigenvalue weighted by atomic mass is 32.1. The summed E-state index contributed by atoms with van der Waals surface area (Å²) in [6, 6.07) is 8.93. The van der Waals surface area contributed by atoms with Gasteiger partial charge < -0.3 is 10.2 Å². The third kappa shape index (κ3) is 3.69. The van der Waals surface area contributed by atoms with Crippen LogP contribution in [0.2, 0.25) is 0 Å². The number of aryl methyl sites for hydroxylation is 1. The summed E-state index contributed by atoms with van der Waals surface area (Å²) in [4.78, 5) is 26.3. The maximum Gasteiger partial charge on any atom is 0.261 e. The minimum absolute atomic E-state index is 0.0531. The van der Waals surface area contributed by atoms with Crippen LogP contribution in [-0.4, -0.2) is 28.5 Å². The molecule has 0 atom stereocenters. The molecule has 2 aliphatic rings. The number of aromatic nitrogens is 2. The summed E-state index contributed by atoms with van der Waals surface area (Å²) in [5, 5.41) is 4.33. The van der Waals surface area contributed by atoms with Crippen molar-refractivity contribution in [3.63, 3.8) is 0 Å². The molecule has 0 spiro atoms. The van der Waals surface area contributed by atoms with E-state index in [1.165, 1.54) is 48.1 Å². The molecule has 1 fully saturated rings.